The van der Waals surface area contributed by atoms with E-state index >= 15 is 0 Å². The van der Waals surface area contributed by atoms with E-state index in [1.165, 1.54) is 12.0 Å². The summed E-state index contributed by atoms with van der Waals surface area (Å²) in [6.45, 7) is 3.75. The number of ether oxygens (including phenoxy) is 2. The van der Waals surface area contributed by atoms with Crippen LogP contribution in [0.15, 0.2) is 41.6 Å². The van der Waals surface area contributed by atoms with E-state index in [1.807, 2.05) is 32.0 Å². The smallest absolute Gasteiger partial charge is 0.278 e. The summed E-state index contributed by atoms with van der Waals surface area (Å²) in [5, 5.41) is 4.05. The molecule has 2 aliphatic rings. The molecule has 2 aliphatic heterocycles. The maximum atomic E-state index is 13.3. The highest BCUT2D eigenvalue weighted by Gasteiger charge is 2.56. The molecule has 2 atom stereocenters. The number of anilines is 1. The van der Waals surface area contributed by atoms with Crippen LogP contribution in [0.2, 0.25) is 0 Å². The third-order valence-corrected chi connectivity index (χ3v) is 5.15. The van der Waals surface area contributed by atoms with Crippen LogP contribution in [-0.2, 0) is 14.4 Å². The Morgan fingerprint density at radius 1 is 0.964 bits per heavy atom. The Morgan fingerprint density at radius 3 is 2.29 bits per heavy atom. The number of oxime groups is 1. The number of carbonyl (C=O) groups is 2. The van der Waals surface area contributed by atoms with Crippen molar-refractivity contribution in [3.63, 3.8) is 0 Å². The fourth-order valence-electron chi connectivity index (χ4n) is 3.79. The molecule has 0 bridgehead atoms. The molecule has 7 nitrogen and oxygen atoms in total. The first-order valence-electron chi connectivity index (χ1n) is 8.88. The molecular formula is C21H20N2O5. The largest absolute Gasteiger partial charge is 0.493 e. The number of nitrogens with zero attached hydrogens (tertiary/aromatic N) is 2. The number of carbonyl (C=O) groups excluding carboxylic acids is 2. The second-order valence-electron chi connectivity index (χ2n) is 6.80. The minimum absolute atomic E-state index is 0.335. The van der Waals surface area contributed by atoms with E-state index in [1.54, 1.807) is 25.3 Å². The van der Waals surface area contributed by atoms with Gasteiger partial charge < -0.3 is 14.3 Å². The molecular weight excluding hydrogens is 360 g/mol. The zero-order valence-corrected chi connectivity index (χ0v) is 16.1. The summed E-state index contributed by atoms with van der Waals surface area (Å²) < 4.78 is 10.6. The highest BCUT2D eigenvalue weighted by Crippen LogP contribution is 2.38. The van der Waals surface area contributed by atoms with E-state index < -0.39 is 17.9 Å². The van der Waals surface area contributed by atoms with Crippen molar-refractivity contribution in [2.75, 3.05) is 19.1 Å². The molecule has 7 heteroatoms. The van der Waals surface area contributed by atoms with Crippen LogP contribution in [0.4, 0.5) is 5.69 Å². The number of hydrogen-bond acceptors (Lipinski definition) is 6. The Balaban J connectivity index is 1.73. The summed E-state index contributed by atoms with van der Waals surface area (Å²) in [5.41, 5.74) is 3.38. The van der Waals surface area contributed by atoms with Crippen LogP contribution in [0.3, 0.4) is 0 Å². The van der Waals surface area contributed by atoms with Gasteiger partial charge in [0.05, 0.1) is 19.9 Å². The lowest BCUT2D eigenvalue weighted by atomic mass is 9.94. The van der Waals surface area contributed by atoms with Gasteiger partial charge in [-0.3, -0.25) is 9.59 Å². The zero-order chi connectivity index (χ0) is 20.0. The van der Waals surface area contributed by atoms with Crippen molar-refractivity contribution in [3.05, 3.63) is 53.1 Å². The average Bonchev–Trinajstić information content (AvgIpc) is 3.23. The van der Waals surface area contributed by atoms with Crippen molar-refractivity contribution in [1.82, 2.24) is 0 Å². The van der Waals surface area contributed by atoms with Crippen molar-refractivity contribution >= 4 is 23.2 Å². The highest BCUT2D eigenvalue weighted by atomic mass is 16.7. The third kappa shape index (κ3) is 2.54. The summed E-state index contributed by atoms with van der Waals surface area (Å²) in [7, 11) is 3.08. The van der Waals surface area contributed by atoms with E-state index in [0.29, 0.717) is 28.5 Å². The molecule has 0 unspecified atom stereocenters. The van der Waals surface area contributed by atoms with Gasteiger partial charge in [-0.15, -0.1) is 0 Å². The number of hydrogen-bond donors (Lipinski definition) is 0. The van der Waals surface area contributed by atoms with Crippen molar-refractivity contribution < 1.29 is 23.9 Å². The monoisotopic (exact) mass is 380 g/mol. The number of rotatable bonds is 4. The van der Waals surface area contributed by atoms with Gasteiger partial charge in [-0.25, -0.2) is 4.90 Å². The van der Waals surface area contributed by atoms with Crippen LogP contribution in [0.5, 0.6) is 11.5 Å². The lowest BCUT2D eigenvalue weighted by molar-refractivity contribution is -0.126. The summed E-state index contributed by atoms with van der Waals surface area (Å²) in [6, 6.07) is 10.9. The summed E-state index contributed by atoms with van der Waals surface area (Å²) >= 11 is 0. The number of amides is 2. The molecule has 0 N–H and O–H groups in total. The van der Waals surface area contributed by atoms with Crippen molar-refractivity contribution in [1.29, 1.82) is 0 Å². The minimum Gasteiger partial charge on any atom is -0.493 e. The van der Waals surface area contributed by atoms with Gasteiger partial charge >= 0.3 is 0 Å². The molecule has 0 radical (unpaired) electrons. The Kier molecular flexibility index (Phi) is 4.30. The number of para-hydroxylation sites is 1. The van der Waals surface area contributed by atoms with Crippen molar-refractivity contribution in [2.24, 2.45) is 11.1 Å². The molecule has 2 aromatic carbocycles. The number of benzene rings is 2. The van der Waals surface area contributed by atoms with Crippen LogP contribution in [0, 0.1) is 19.8 Å². The average molecular weight is 380 g/mol. The van der Waals surface area contributed by atoms with Crippen LogP contribution in [-0.4, -0.2) is 37.8 Å². The molecule has 28 heavy (non-hydrogen) atoms. The van der Waals surface area contributed by atoms with Gasteiger partial charge in [0.1, 0.15) is 11.6 Å². The number of imide groups is 1. The maximum absolute atomic E-state index is 13.3. The number of aryl methyl sites for hydroxylation is 2. The SMILES string of the molecule is COc1ccc(C2=NO[C@H]3C(=O)N(c4c(C)cccc4C)C(=O)[C@@H]23)cc1OC. The maximum Gasteiger partial charge on any atom is 0.278 e. The van der Waals surface area contributed by atoms with Gasteiger partial charge in [0.2, 0.25) is 12.0 Å². The Hall–Kier alpha value is -3.35. The van der Waals surface area contributed by atoms with Gasteiger partial charge in [0.15, 0.2) is 11.5 Å². The summed E-state index contributed by atoms with van der Waals surface area (Å²) in [5.74, 6) is -0.447. The first-order chi connectivity index (χ1) is 13.5. The molecule has 0 spiro atoms. The fourth-order valence-corrected chi connectivity index (χ4v) is 3.79. The topological polar surface area (TPSA) is 77.4 Å². The third-order valence-electron chi connectivity index (χ3n) is 5.15. The molecule has 0 aromatic heterocycles. The van der Waals surface area contributed by atoms with Gasteiger partial charge in [-0.2, -0.15) is 0 Å². The standard InChI is InChI=1S/C21H20N2O5/c1-11-6-5-7-12(2)18(11)23-20(24)16-17(22-28-19(16)21(23)25)13-8-9-14(26-3)15(10-13)27-4/h5-10,16,19H,1-4H3/t16-,19+/m0/s1. The van der Waals surface area contributed by atoms with Gasteiger partial charge in [0, 0.05) is 5.56 Å². The summed E-state index contributed by atoms with van der Waals surface area (Å²) in [4.78, 5) is 32.8. The van der Waals surface area contributed by atoms with Crippen LogP contribution >= 0.6 is 0 Å². The zero-order valence-electron chi connectivity index (χ0n) is 16.1. The molecule has 0 saturated carbocycles. The Morgan fingerprint density at radius 2 is 1.64 bits per heavy atom. The predicted molar refractivity (Wildman–Crippen MR) is 103 cm³/mol. The van der Waals surface area contributed by atoms with Crippen LogP contribution in [0.25, 0.3) is 0 Å². The van der Waals surface area contributed by atoms with E-state index in [-0.39, 0.29) is 5.91 Å². The minimum atomic E-state index is -0.949. The molecule has 2 amide bonds. The molecule has 0 aliphatic carbocycles. The second kappa shape index (κ2) is 6.67. The quantitative estimate of drug-likeness (QED) is 0.762. The normalized spacial score (nSPS) is 20.7. The lowest BCUT2D eigenvalue weighted by Gasteiger charge is -2.20. The van der Waals surface area contributed by atoms with E-state index in [0.717, 1.165) is 11.1 Å². The van der Waals surface area contributed by atoms with Gasteiger partial charge in [-0.05, 0) is 43.2 Å². The van der Waals surface area contributed by atoms with Crippen LogP contribution in [0.1, 0.15) is 16.7 Å². The molecule has 1 fully saturated rings. The Bertz CT molecular complexity index is 994. The Labute approximate surface area is 162 Å². The summed E-state index contributed by atoms with van der Waals surface area (Å²) in [6.07, 6.45) is -0.949. The van der Waals surface area contributed by atoms with Gasteiger partial charge in [-0.1, -0.05) is 23.4 Å². The molecule has 4 rings (SSSR count). The molecule has 1 saturated heterocycles. The highest BCUT2D eigenvalue weighted by molar-refractivity contribution is 6.32. The molecule has 144 valence electrons. The van der Waals surface area contributed by atoms with E-state index in [2.05, 4.69) is 5.16 Å². The first-order valence-corrected chi connectivity index (χ1v) is 8.88. The molecule has 2 heterocycles. The fraction of sp³-hybridized carbons (Fsp3) is 0.286. The van der Waals surface area contributed by atoms with Gasteiger partial charge in [0.25, 0.3) is 5.91 Å². The van der Waals surface area contributed by atoms with Crippen LogP contribution < -0.4 is 14.4 Å². The second-order valence-corrected chi connectivity index (χ2v) is 6.80. The molecule has 2 aromatic rings. The van der Waals surface area contributed by atoms with E-state index in [9.17, 15) is 9.59 Å². The van der Waals surface area contributed by atoms with Crippen molar-refractivity contribution in [3.8, 4) is 11.5 Å². The lowest BCUT2D eigenvalue weighted by Crippen LogP contribution is -2.34. The number of fused-ring (bicyclic) bond motifs is 1. The van der Waals surface area contributed by atoms with Crippen molar-refractivity contribution in [2.45, 2.75) is 20.0 Å². The van der Waals surface area contributed by atoms with E-state index in [4.69, 9.17) is 14.3 Å². The first kappa shape index (κ1) is 18.0. The predicted octanol–water partition coefficient (Wildman–Crippen LogP) is 2.61. The number of methoxy groups -OCH3 is 2.